The molecule has 0 aliphatic carbocycles. The largest absolute Gasteiger partial charge is 0.395 e. The number of aliphatic hydroxyl groups is 1. The third-order valence-electron chi connectivity index (χ3n) is 2.11. The molecular formula is C11H15N3O3. The number of pyridine rings is 1. The average Bonchev–Trinajstić information content (AvgIpc) is 2.28. The summed E-state index contributed by atoms with van der Waals surface area (Å²) in [5.41, 5.74) is 0.749. The summed E-state index contributed by atoms with van der Waals surface area (Å²) < 4.78 is 0. The number of aliphatic hydroxyl groups excluding tert-OH is 1. The first kappa shape index (κ1) is 13.1. The fraction of sp³-hybridized carbons (Fsp3) is 0.364. The fourth-order valence-corrected chi connectivity index (χ4v) is 1.21. The Morgan fingerprint density at radius 3 is 2.76 bits per heavy atom. The summed E-state index contributed by atoms with van der Waals surface area (Å²) in [5.74, 6) is -1.14. The highest BCUT2D eigenvalue weighted by Gasteiger charge is 2.18. The van der Waals surface area contributed by atoms with Crippen molar-refractivity contribution < 1.29 is 14.7 Å². The lowest BCUT2D eigenvalue weighted by atomic mass is 10.3. The topological polar surface area (TPSA) is 82.5 Å². The van der Waals surface area contributed by atoms with Crippen LogP contribution in [0.25, 0.3) is 0 Å². The summed E-state index contributed by atoms with van der Waals surface area (Å²) in [6, 6.07) is 5.12. The van der Waals surface area contributed by atoms with Crippen LogP contribution in [0.15, 0.2) is 18.2 Å². The van der Waals surface area contributed by atoms with Crippen molar-refractivity contribution in [3.05, 3.63) is 23.9 Å². The third-order valence-corrected chi connectivity index (χ3v) is 2.11. The Balaban J connectivity index is 2.63. The van der Waals surface area contributed by atoms with Crippen LogP contribution in [0.5, 0.6) is 0 Å². The molecule has 2 N–H and O–H groups in total. The van der Waals surface area contributed by atoms with Crippen LogP contribution in [-0.2, 0) is 9.59 Å². The van der Waals surface area contributed by atoms with Crippen LogP contribution >= 0.6 is 0 Å². The molecule has 0 atom stereocenters. The minimum atomic E-state index is -0.765. The first-order valence-corrected chi connectivity index (χ1v) is 5.15. The molecule has 0 saturated heterocycles. The molecule has 0 aromatic carbocycles. The molecule has 17 heavy (non-hydrogen) atoms. The highest BCUT2D eigenvalue weighted by Crippen LogP contribution is 2.03. The molecule has 0 aliphatic rings. The molecule has 1 aromatic heterocycles. The zero-order valence-corrected chi connectivity index (χ0v) is 9.80. The van der Waals surface area contributed by atoms with Gasteiger partial charge in [-0.1, -0.05) is 6.07 Å². The number of aromatic nitrogens is 1. The van der Waals surface area contributed by atoms with Crippen molar-refractivity contribution in [1.29, 1.82) is 0 Å². The standard InChI is InChI=1S/C11H15N3O3/c1-8-4-3-5-9(12-8)13-10(16)11(17)14(2)6-7-15/h3-5,15H,6-7H2,1-2H3,(H,12,13,16). The Bertz CT molecular complexity index is 420. The van der Waals surface area contributed by atoms with Crippen molar-refractivity contribution in [2.45, 2.75) is 6.92 Å². The van der Waals surface area contributed by atoms with Gasteiger partial charge in [-0.15, -0.1) is 0 Å². The number of rotatable bonds is 3. The predicted molar refractivity (Wildman–Crippen MR) is 62.3 cm³/mol. The maximum Gasteiger partial charge on any atom is 0.315 e. The summed E-state index contributed by atoms with van der Waals surface area (Å²) in [5, 5.41) is 11.1. The third kappa shape index (κ3) is 3.84. The molecule has 2 amide bonds. The second-order valence-corrected chi connectivity index (χ2v) is 3.57. The van der Waals surface area contributed by atoms with E-state index in [0.29, 0.717) is 5.82 Å². The zero-order chi connectivity index (χ0) is 12.8. The Labute approximate surface area is 99.3 Å². The molecule has 1 heterocycles. The van der Waals surface area contributed by atoms with Crippen LogP contribution in [-0.4, -0.2) is 47.0 Å². The summed E-state index contributed by atoms with van der Waals surface area (Å²) in [4.78, 5) is 28.2. The summed E-state index contributed by atoms with van der Waals surface area (Å²) in [6.07, 6.45) is 0. The van der Waals surface area contributed by atoms with Gasteiger partial charge in [0.2, 0.25) is 0 Å². The minimum absolute atomic E-state index is 0.119. The minimum Gasteiger partial charge on any atom is -0.395 e. The number of aryl methyl sites for hydroxylation is 1. The van der Waals surface area contributed by atoms with Gasteiger partial charge in [-0.3, -0.25) is 9.59 Å². The summed E-state index contributed by atoms with van der Waals surface area (Å²) >= 11 is 0. The molecule has 92 valence electrons. The van der Waals surface area contributed by atoms with E-state index in [-0.39, 0.29) is 13.2 Å². The Morgan fingerprint density at radius 2 is 2.18 bits per heavy atom. The van der Waals surface area contributed by atoms with Crippen LogP contribution in [0.1, 0.15) is 5.69 Å². The van der Waals surface area contributed by atoms with Crippen LogP contribution in [0.4, 0.5) is 5.82 Å². The molecule has 1 rings (SSSR count). The van der Waals surface area contributed by atoms with E-state index in [1.54, 1.807) is 25.1 Å². The first-order valence-electron chi connectivity index (χ1n) is 5.15. The van der Waals surface area contributed by atoms with Crippen LogP contribution < -0.4 is 5.32 Å². The second-order valence-electron chi connectivity index (χ2n) is 3.57. The fourth-order valence-electron chi connectivity index (χ4n) is 1.21. The van der Waals surface area contributed by atoms with E-state index in [2.05, 4.69) is 10.3 Å². The Hall–Kier alpha value is -1.95. The number of amides is 2. The van der Waals surface area contributed by atoms with Gasteiger partial charge >= 0.3 is 11.8 Å². The van der Waals surface area contributed by atoms with E-state index in [0.717, 1.165) is 10.6 Å². The lowest BCUT2D eigenvalue weighted by Gasteiger charge is -2.14. The smallest absolute Gasteiger partial charge is 0.315 e. The van der Waals surface area contributed by atoms with E-state index in [9.17, 15) is 9.59 Å². The zero-order valence-electron chi connectivity index (χ0n) is 9.80. The van der Waals surface area contributed by atoms with Gasteiger partial charge in [-0.05, 0) is 19.1 Å². The predicted octanol–water partition coefficient (Wildman–Crippen LogP) is -0.221. The molecule has 0 spiro atoms. The number of carbonyl (C=O) groups is 2. The van der Waals surface area contributed by atoms with Crippen molar-refractivity contribution in [3.8, 4) is 0 Å². The molecule has 0 fully saturated rings. The van der Waals surface area contributed by atoms with Gasteiger partial charge in [0.15, 0.2) is 0 Å². The van der Waals surface area contributed by atoms with Crippen LogP contribution in [0, 0.1) is 6.92 Å². The van der Waals surface area contributed by atoms with Crippen molar-refractivity contribution in [2.75, 3.05) is 25.5 Å². The van der Waals surface area contributed by atoms with Crippen molar-refractivity contribution in [3.63, 3.8) is 0 Å². The molecule has 0 bridgehead atoms. The molecule has 0 aliphatic heterocycles. The average molecular weight is 237 g/mol. The van der Waals surface area contributed by atoms with Crippen LogP contribution in [0.2, 0.25) is 0 Å². The van der Waals surface area contributed by atoms with E-state index < -0.39 is 11.8 Å². The quantitative estimate of drug-likeness (QED) is 0.712. The number of carbonyl (C=O) groups excluding carboxylic acids is 2. The molecule has 0 radical (unpaired) electrons. The summed E-state index contributed by atoms with van der Waals surface area (Å²) in [7, 11) is 1.45. The van der Waals surface area contributed by atoms with Crippen LogP contribution in [0.3, 0.4) is 0 Å². The van der Waals surface area contributed by atoms with Gasteiger partial charge in [-0.25, -0.2) is 4.98 Å². The van der Waals surface area contributed by atoms with E-state index in [1.165, 1.54) is 7.05 Å². The highest BCUT2D eigenvalue weighted by atomic mass is 16.3. The SMILES string of the molecule is Cc1cccc(NC(=O)C(=O)N(C)CCO)n1. The van der Waals surface area contributed by atoms with E-state index in [1.807, 2.05) is 0 Å². The number of likely N-dealkylation sites (N-methyl/N-ethyl adjacent to an activating group) is 1. The van der Waals surface area contributed by atoms with Gasteiger partial charge in [0, 0.05) is 19.3 Å². The Morgan fingerprint density at radius 1 is 1.47 bits per heavy atom. The number of nitrogens with one attached hydrogen (secondary N) is 1. The highest BCUT2D eigenvalue weighted by molar-refractivity contribution is 6.39. The van der Waals surface area contributed by atoms with Gasteiger partial charge < -0.3 is 15.3 Å². The number of hydrogen-bond donors (Lipinski definition) is 2. The molecule has 6 nitrogen and oxygen atoms in total. The lowest BCUT2D eigenvalue weighted by Crippen LogP contribution is -2.38. The van der Waals surface area contributed by atoms with Gasteiger partial charge in [0.1, 0.15) is 5.82 Å². The lowest BCUT2D eigenvalue weighted by molar-refractivity contribution is -0.142. The van der Waals surface area contributed by atoms with Gasteiger partial charge in [0.05, 0.1) is 6.61 Å². The normalized spacial score (nSPS) is 9.82. The molecule has 6 heteroatoms. The molecular weight excluding hydrogens is 222 g/mol. The molecule has 0 unspecified atom stereocenters. The van der Waals surface area contributed by atoms with Gasteiger partial charge in [-0.2, -0.15) is 0 Å². The number of anilines is 1. The van der Waals surface area contributed by atoms with E-state index in [4.69, 9.17) is 5.11 Å². The monoisotopic (exact) mass is 237 g/mol. The molecule has 1 aromatic rings. The number of nitrogens with zero attached hydrogens (tertiary/aromatic N) is 2. The number of hydrogen-bond acceptors (Lipinski definition) is 4. The maximum absolute atomic E-state index is 11.5. The van der Waals surface area contributed by atoms with Crippen molar-refractivity contribution in [1.82, 2.24) is 9.88 Å². The van der Waals surface area contributed by atoms with Crippen molar-refractivity contribution in [2.24, 2.45) is 0 Å². The molecule has 0 saturated carbocycles. The first-order chi connectivity index (χ1) is 8.04. The maximum atomic E-state index is 11.5. The van der Waals surface area contributed by atoms with Gasteiger partial charge in [0.25, 0.3) is 0 Å². The van der Waals surface area contributed by atoms with E-state index >= 15 is 0 Å². The second kappa shape index (κ2) is 5.95. The Kier molecular flexibility index (Phi) is 4.59. The van der Waals surface area contributed by atoms with Crippen molar-refractivity contribution >= 4 is 17.6 Å². The summed E-state index contributed by atoms with van der Waals surface area (Å²) in [6.45, 7) is 1.72.